The minimum absolute atomic E-state index is 0.00646. The van der Waals surface area contributed by atoms with Crippen LogP contribution in [0.25, 0.3) is 89.0 Å². The molecule has 4 heterocycles. The van der Waals surface area contributed by atoms with Gasteiger partial charge in [-0.15, -0.1) is 0 Å². The van der Waals surface area contributed by atoms with Gasteiger partial charge in [-0.1, -0.05) is 184 Å². The van der Waals surface area contributed by atoms with Gasteiger partial charge in [0.15, 0.2) is 0 Å². The predicted octanol–water partition coefficient (Wildman–Crippen LogP) is 16.2. The molecule has 0 unspecified atom stereocenters. The van der Waals surface area contributed by atoms with E-state index in [0.29, 0.717) is 0 Å². The first-order chi connectivity index (χ1) is 35.5. The molecule has 0 atom stereocenters. The van der Waals surface area contributed by atoms with Gasteiger partial charge in [-0.05, 0) is 144 Å². The Bertz CT molecular complexity index is 4250. The number of benzene rings is 9. The highest BCUT2D eigenvalue weighted by Crippen LogP contribution is 2.56. The number of hydrogen-bond donors (Lipinski definition) is 0. The van der Waals surface area contributed by atoms with Gasteiger partial charge in [-0.25, -0.2) is 4.98 Å². The van der Waals surface area contributed by atoms with E-state index in [-0.39, 0.29) is 28.5 Å². The monoisotopic (exact) mass is 954 g/mol. The second-order valence-electron chi connectivity index (χ2n) is 24.8. The van der Waals surface area contributed by atoms with E-state index in [1.54, 1.807) is 0 Å². The molecule has 0 saturated heterocycles. The minimum Gasteiger partial charge on any atom is -0.376 e. The third-order valence-electron chi connectivity index (χ3n) is 17.8. The van der Waals surface area contributed by atoms with Crippen molar-refractivity contribution in [3.8, 4) is 56.1 Å². The zero-order chi connectivity index (χ0) is 50.5. The molecular weight excluding hydrogens is 896 g/mol. The number of aromatic nitrogens is 3. The van der Waals surface area contributed by atoms with Crippen molar-refractivity contribution in [1.29, 1.82) is 0 Å². The lowest BCUT2D eigenvalue weighted by atomic mass is 9.44. The Morgan fingerprint density at radius 2 is 1.05 bits per heavy atom. The van der Waals surface area contributed by atoms with Crippen LogP contribution in [0.15, 0.2) is 176 Å². The van der Waals surface area contributed by atoms with Crippen molar-refractivity contribution in [3.05, 3.63) is 209 Å². The van der Waals surface area contributed by atoms with Gasteiger partial charge in [0.1, 0.15) is 5.82 Å². The van der Waals surface area contributed by atoms with Crippen molar-refractivity contribution in [1.82, 2.24) is 14.1 Å². The first kappa shape index (κ1) is 43.7. The van der Waals surface area contributed by atoms with Crippen molar-refractivity contribution in [2.75, 3.05) is 4.81 Å². The summed E-state index contributed by atoms with van der Waals surface area (Å²) in [6, 6.07) is 67.4. The highest BCUT2D eigenvalue weighted by atomic mass is 15.1. The molecule has 0 bridgehead atoms. The van der Waals surface area contributed by atoms with E-state index in [0.717, 1.165) is 28.1 Å². The van der Waals surface area contributed by atoms with Crippen LogP contribution in [0.3, 0.4) is 0 Å². The Morgan fingerprint density at radius 1 is 0.432 bits per heavy atom. The van der Waals surface area contributed by atoms with Crippen LogP contribution in [0.4, 0.5) is 11.4 Å². The van der Waals surface area contributed by atoms with E-state index >= 15 is 0 Å². The van der Waals surface area contributed by atoms with Gasteiger partial charge in [-0.3, -0.25) is 4.57 Å². The minimum atomic E-state index is -0.191. The lowest BCUT2D eigenvalue weighted by Crippen LogP contribution is -2.60. The smallest absolute Gasteiger partial charge is 0.333 e. The normalized spacial score (nSPS) is 15.3. The number of para-hydroxylation sites is 1. The van der Waals surface area contributed by atoms with E-state index in [1.165, 1.54) is 117 Å². The summed E-state index contributed by atoms with van der Waals surface area (Å²) in [5, 5.41) is 2.59. The van der Waals surface area contributed by atoms with Crippen LogP contribution in [0, 0.1) is 0 Å². The summed E-state index contributed by atoms with van der Waals surface area (Å²) in [7, 11) is 0. The molecule has 4 aliphatic rings. The molecular formula is C69H59BN4. The standard InChI is InChI=1S/C69H59BN4/c1-66(2,3)41-25-28-44(29-26-41)74-60-37-50-46-30-27-42(67(4,5)6)33-54(46)69(9,10)56(50)34-51(60)47-31-32-48-52-35-55-49(45-23-17-18-24-53(45)68(55,7)8)36-59(52)73-61-39-62-58(38-57(61)70(74)63(47)64(48)73)71-65(40-19-13-11-14-20-40)72(62)43-21-15-12-16-22-43/h11-39H,1-10H3. The SMILES string of the molecule is CC(C)(C)c1ccc(N2B3c4cc5nc(-c6ccccc6)n(-c6ccccc6)c5cc4-n4c5cc6c(cc5c5ccc(c3c54)-c3cc4c(cc32)-c2ccc(C(C)(C)C)cc2C4(C)C)C(C)(C)c2ccccc2-6)cc1. The van der Waals surface area contributed by atoms with E-state index < -0.39 is 0 Å². The maximum Gasteiger partial charge on any atom is 0.333 e. The number of imidazole rings is 1. The fourth-order valence-electron chi connectivity index (χ4n) is 13.9. The molecule has 2 aromatic heterocycles. The van der Waals surface area contributed by atoms with Crippen LogP contribution in [0.2, 0.25) is 0 Å². The third-order valence-corrected chi connectivity index (χ3v) is 17.8. The molecule has 4 nitrogen and oxygen atoms in total. The van der Waals surface area contributed by atoms with Gasteiger partial charge in [-0.2, -0.15) is 0 Å². The van der Waals surface area contributed by atoms with Crippen LogP contribution in [0.1, 0.15) is 103 Å². The average molecular weight is 955 g/mol. The first-order valence-electron chi connectivity index (χ1n) is 26.7. The van der Waals surface area contributed by atoms with Crippen LogP contribution in [0.5, 0.6) is 0 Å². The number of hydrogen-bond acceptors (Lipinski definition) is 2. The van der Waals surface area contributed by atoms with Crippen molar-refractivity contribution < 1.29 is 0 Å². The third kappa shape index (κ3) is 5.73. The number of fused-ring (bicyclic) bond motifs is 15. The van der Waals surface area contributed by atoms with Crippen LogP contribution in [-0.2, 0) is 21.7 Å². The summed E-state index contributed by atoms with van der Waals surface area (Å²) in [4.78, 5) is 8.35. The maximum atomic E-state index is 5.65. The van der Waals surface area contributed by atoms with Gasteiger partial charge < -0.3 is 9.38 Å². The van der Waals surface area contributed by atoms with Crippen LogP contribution >= 0.6 is 0 Å². The topological polar surface area (TPSA) is 26.0 Å². The molecule has 358 valence electrons. The molecule has 0 fully saturated rings. The zero-order valence-electron chi connectivity index (χ0n) is 44.1. The molecule has 2 aliphatic carbocycles. The Labute approximate surface area is 435 Å². The number of nitrogens with zero attached hydrogens (tertiary/aromatic N) is 4. The molecule has 11 aromatic rings. The quantitative estimate of drug-likeness (QED) is 0.165. The molecule has 9 aromatic carbocycles. The van der Waals surface area contributed by atoms with Crippen LogP contribution in [-0.4, -0.2) is 21.0 Å². The Kier molecular flexibility index (Phi) is 8.53. The summed E-state index contributed by atoms with van der Waals surface area (Å²) in [5.74, 6) is 0.932. The van der Waals surface area contributed by atoms with Gasteiger partial charge >= 0.3 is 6.85 Å². The molecule has 5 heteroatoms. The molecule has 74 heavy (non-hydrogen) atoms. The van der Waals surface area contributed by atoms with Crippen molar-refractivity contribution in [3.63, 3.8) is 0 Å². The molecule has 0 spiro atoms. The Balaban J connectivity index is 1.09. The summed E-state index contributed by atoms with van der Waals surface area (Å²) < 4.78 is 5.03. The van der Waals surface area contributed by atoms with Gasteiger partial charge in [0.2, 0.25) is 0 Å². The lowest BCUT2D eigenvalue weighted by Gasteiger charge is -2.42. The number of anilines is 2. The maximum absolute atomic E-state index is 5.65. The second kappa shape index (κ2) is 14.4. The van der Waals surface area contributed by atoms with Gasteiger partial charge in [0.25, 0.3) is 0 Å². The van der Waals surface area contributed by atoms with E-state index in [1.807, 2.05) is 0 Å². The summed E-state index contributed by atoms with van der Waals surface area (Å²) in [6.07, 6.45) is 0. The molecule has 0 saturated carbocycles. The van der Waals surface area contributed by atoms with Crippen molar-refractivity contribution in [2.24, 2.45) is 0 Å². The molecule has 0 radical (unpaired) electrons. The fourth-order valence-corrected chi connectivity index (χ4v) is 13.9. The Morgan fingerprint density at radius 3 is 1.80 bits per heavy atom. The van der Waals surface area contributed by atoms with Crippen LogP contribution < -0.4 is 15.7 Å². The summed E-state index contributed by atoms with van der Waals surface area (Å²) >= 11 is 0. The highest BCUT2D eigenvalue weighted by Gasteiger charge is 2.47. The van der Waals surface area contributed by atoms with E-state index in [4.69, 9.17) is 4.98 Å². The number of rotatable bonds is 3. The average Bonchev–Trinajstić information content (AvgIpc) is 4.16. The Hall–Kier alpha value is -7.89. The first-order valence-corrected chi connectivity index (χ1v) is 26.7. The fraction of sp³-hybridized carbons (Fsp3) is 0.203. The lowest BCUT2D eigenvalue weighted by molar-refractivity contribution is 0.584. The van der Waals surface area contributed by atoms with Crippen molar-refractivity contribution in [2.45, 2.75) is 90.9 Å². The molecule has 15 rings (SSSR count). The zero-order valence-corrected chi connectivity index (χ0v) is 44.1. The molecule has 0 amide bonds. The molecule has 2 aliphatic heterocycles. The van der Waals surface area contributed by atoms with E-state index in [2.05, 4.69) is 259 Å². The second-order valence-corrected chi connectivity index (χ2v) is 24.8. The van der Waals surface area contributed by atoms with Crippen molar-refractivity contribution >= 4 is 62.0 Å². The predicted molar refractivity (Wildman–Crippen MR) is 312 cm³/mol. The highest BCUT2D eigenvalue weighted by molar-refractivity contribution is 6.93. The van der Waals surface area contributed by atoms with Gasteiger partial charge in [0.05, 0.1) is 22.1 Å². The van der Waals surface area contributed by atoms with Gasteiger partial charge in [0, 0.05) is 55.5 Å². The largest absolute Gasteiger partial charge is 0.376 e. The molecule has 0 N–H and O–H groups in total. The van der Waals surface area contributed by atoms with E-state index in [9.17, 15) is 0 Å². The summed E-state index contributed by atoms with van der Waals surface area (Å²) in [6.45, 7) is 23.5. The summed E-state index contributed by atoms with van der Waals surface area (Å²) in [5.41, 5.74) is 28.9.